The first-order chi connectivity index (χ1) is 12.1. The van der Waals surface area contributed by atoms with Crippen molar-refractivity contribution < 1.29 is 13.2 Å². The van der Waals surface area contributed by atoms with Crippen LogP contribution in [0.4, 0.5) is 5.69 Å². The summed E-state index contributed by atoms with van der Waals surface area (Å²) in [7, 11) is -1.79. The number of hydrogen-bond acceptors (Lipinski definition) is 5. The molecule has 2 aromatic carbocycles. The van der Waals surface area contributed by atoms with E-state index in [0.29, 0.717) is 31.1 Å². The number of para-hydroxylation sites is 2. The normalized spacial score (nSPS) is 16.0. The molecule has 0 atom stereocenters. The van der Waals surface area contributed by atoms with Gasteiger partial charge in [-0.05, 0) is 42.7 Å². The van der Waals surface area contributed by atoms with Gasteiger partial charge in [-0.1, -0.05) is 12.1 Å². The first-order valence-corrected chi connectivity index (χ1v) is 10.7. The molecule has 0 bridgehead atoms. The summed E-state index contributed by atoms with van der Waals surface area (Å²) < 4.78 is 32.6. The Balaban J connectivity index is 1.72. The summed E-state index contributed by atoms with van der Waals surface area (Å²) in [5, 5.41) is 0. The van der Waals surface area contributed by atoms with Crippen LogP contribution in [0.5, 0.6) is 5.75 Å². The highest BCUT2D eigenvalue weighted by Gasteiger charge is 2.29. The van der Waals surface area contributed by atoms with Crippen LogP contribution in [0.3, 0.4) is 0 Å². The van der Waals surface area contributed by atoms with E-state index < -0.39 is 10.0 Å². The van der Waals surface area contributed by atoms with Gasteiger partial charge in [0, 0.05) is 31.1 Å². The van der Waals surface area contributed by atoms with Crippen LogP contribution < -0.4 is 9.64 Å². The fourth-order valence-corrected chi connectivity index (χ4v) is 4.79. The standard InChI is InChI=1S/C18H22N2O3S2/c1-23-18-6-4-3-5-17(18)19-11-13-20(14-12-19)25(21,22)16-9-7-15(24-2)8-10-16/h3-10H,11-14H2,1-2H3. The van der Waals surface area contributed by atoms with Gasteiger partial charge in [0.15, 0.2) is 0 Å². The van der Waals surface area contributed by atoms with E-state index in [9.17, 15) is 8.42 Å². The van der Waals surface area contributed by atoms with E-state index in [2.05, 4.69) is 4.90 Å². The summed E-state index contributed by atoms with van der Waals surface area (Å²) >= 11 is 1.60. The maximum atomic E-state index is 12.8. The molecule has 0 spiro atoms. The summed E-state index contributed by atoms with van der Waals surface area (Å²) in [6.45, 7) is 2.21. The molecular weight excluding hydrogens is 356 g/mol. The molecule has 0 amide bonds. The topological polar surface area (TPSA) is 49.9 Å². The number of piperazine rings is 1. The van der Waals surface area contributed by atoms with Crippen LogP contribution in [-0.4, -0.2) is 52.3 Å². The monoisotopic (exact) mass is 378 g/mol. The van der Waals surface area contributed by atoms with Gasteiger partial charge in [-0.15, -0.1) is 11.8 Å². The van der Waals surface area contributed by atoms with E-state index in [1.807, 2.05) is 42.7 Å². The summed E-state index contributed by atoms with van der Waals surface area (Å²) in [5.74, 6) is 0.812. The van der Waals surface area contributed by atoms with Crippen molar-refractivity contribution in [1.29, 1.82) is 0 Å². The van der Waals surface area contributed by atoms with Gasteiger partial charge in [-0.2, -0.15) is 4.31 Å². The highest BCUT2D eigenvalue weighted by Crippen LogP contribution is 2.29. The summed E-state index contributed by atoms with van der Waals surface area (Å²) in [5.41, 5.74) is 1.01. The van der Waals surface area contributed by atoms with Crippen LogP contribution in [-0.2, 0) is 10.0 Å². The van der Waals surface area contributed by atoms with Gasteiger partial charge in [0.25, 0.3) is 0 Å². The molecule has 0 saturated carbocycles. The molecule has 2 aromatic rings. The molecule has 5 nitrogen and oxygen atoms in total. The smallest absolute Gasteiger partial charge is 0.243 e. The van der Waals surface area contributed by atoms with Crippen LogP contribution in [0, 0.1) is 0 Å². The van der Waals surface area contributed by atoms with Gasteiger partial charge < -0.3 is 9.64 Å². The fourth-order valence-electron chi connectivity index (χ4n) is 2.96. The Bertz CT molecular complexity index is 814. The average Bonchev–Trinajstić information content (AvgIpc) is 2.68. The van der Waals surface area contributed by atoms with Crippen molar-refractivity contribution in [2.75, 3.05) is 44.4 Å². The van der Waals surface area contributed by atoms with E-state index >= 15 is 0 Å². The Labute approximate surface area is 153 Å². The van der Waals surface area contributed by atoms with Gasteiger partial charge in [0.1, 0.15) is 5.75 Å². The number of thioether (sulfide) groups is 1. The number of anilines is 1. The molecule has 0 aliphatic carbocycles. The Hall–Kier alpha value is -1.70. The van der Waals surface area contributed by atoms with Gasteiger partial charge in [0.2, 0.25) is 10.0 Å². The van der Waals surface area contributed by atoms with Gasteiger partial charge in [-0.25, -0.2) is 8.42 Å². The molecule has 3 rings (SSSR count). The summed E-state index contributed by atoms with van der Waals surface area (Å²) in [4.78, 5) is 3.58. The van der Waals surface area contributed by atoms with Crippen molar-refractivity contribution >= 4 is 27.5 Å². The molecule has 0 N–H and O–H groups in total. The highest BCUT2D eigenvalue weighted by atomic mass is 32.2. The highest BCUT2D eigenvalue weighted by molar-refractivity contribution is 7.98. The lowest BCUT2D eigenvalue weighted by Gasteiger charge is -2.35. The molecule has 7 heteroatoms. The number of ether oxygens (including phenoxy) is 1. The Morgan fingerprint density at radius 2 is 1.60 bits per heavy atom. The fraction of sp³-hybridized carbons (Fsp3) is 0.333. The Morgan fingerprint density at radius 3 is 2.20 bits per heavy atom. The first-order valence-electron chi connectivity index (χ1n) is 8.08. The van der Waals surface area contributed by atoms with Gasteiger partial charge >= 0.3 is 0 Å². The average molecular weight is 379 g/mol. The van der Waals surface area contributed by atoms with Crippen molar-refractivity contribution in [2.24, 2.45) is 0 Å². The van der Waals surface area contributed by atoms with Crippen molar-refractivity contribution in [1.82, 2.24) is 4.31 Å². The maximum absolute atomic E-state index is 12.8. The second-order valence-electron chi connectivity index (χ2n) is 5.74. The van der Waals surface area contributed by atoms with Crippen LogP contribution >= 0.6 is 11.8 Å². The zero-order valence-electron chi connectivity index (χ0n) is 14.4. The third kappa shape index (κ3) is 3.78. The molecule has 1 aliphatic rings. The van der Waals surface area contributed by atoms with Crippen molar-refractivity contribution in [3.63, 3.8) is 0 Å². The van der Waals surface area contributed by atoms with E-state index in [4.69, 9.17) is 4.74 Å². The molecule has 1 saturated heterocycles. The van der Waals surface area contributed by atoms with Crippen LogP contribution in [0.1, 0.15) is 0 Å². The number of nitrogens with zero attached hydrogens (tertiary/aromatic N) is 2. The second-order valence-corrected chi connectivity index (χ2v) is 8.56. The van der Waals surface area contributed by atoms with E-state index in [0.717, 1.165) is 16.3 Å². The molecular formula is C18H22N2O3S2. The Morgan fingerprint density at radius 1 is 0.960 bits per heavy atom. The first kappa shape index (κ1) is 18.1. The van der Waals surface area contributed by atoms with Crippen LogP contribution in [0.15, 0.2) is 58.3 Å². The largest absolute Gasteiger partial charge is 0.495 e. The number of sulfonamides is 1. The molecule has 25 heavy (non-hydrogen) atoms. The predicted molar refractivity (Wildman–Crippen MR) is 102 cm³/mol. The summed E-state index contributed by atoms with van der Waals surface area (Å²) in [6, 6.07) is 14.9. The van der Waals surface area contributed by atoms with Crippen molar-refractivity contribution in [3.8, 4) is 5.75 Å². The van der Waals surface area contributed by atoms with Crippen LogP contribution in [0.2, 0.25) is 0 Å². The quantitative estimate of drug-likeness (QED) is 0.749. The molecule has 1 heterocycles. The minimum atomic E-state index is -3.44. The molecule has 0 unspecified atom stereocenters. The molecule has 1 fully saturated rings. The lowest BCUT2D eigenvalue weighted by Crippen LogP contribution is -2.48. The summed E-state index contributed by atoms with van der Waals surface area (Å²) in [6.07, 6.45) is 1.97. The zero-order valence-corrected chi connectivity index (χ0v) is 16.0. The number of rotatable bonds is 5. The number of benzene rings is 2. The minimum absolute atomic E-state index is 0.357. The maximum Gasteiger partial charge on any atom is 0.243 e. The van der Waals surface area contributed by atoms with Crippen molar-refractivity contribution in [3.05, 3.63) is 48.5 Å². The molecule has 1 aliphatic heterocycles. The third-order valence-corrected chi connectivity index (χ3v) is 7.02. The van der Waals surface area contributed by atoms with E-state index in [-0.39, 0.29) is 0 Å². The lowest BCUT2D eigenvalue weighted by atomic mass is 10.2. The number of methoxy groups -OCH3 is 1. The number of hydrogen-bond donors (Lipinski definition) is 0. The molecule has 134 valence electrons. The third-order valence-electron chi connectivity index (χ3n) is 4.36. The van der Waals surface area contributed by atoms with E-state index in [1.54, 1.807) is 35.3 Å². The lowest BCUT2D eigenvalue weighted by molar-refractivity contribution is 0.378. The predicted octanol–water partition coefficient (Wildman–Crippen LogP) is 2.93. The zero-order chi connectivity index (χ0) is 17.9. The van der Waals surface area contributed by atoms with Gasteiger partial charge in [-0.3, -0.25) is 0 Å². The SMILES string of the molecule is COc1ccccc1N1CCN(S(=O)(=O)c2ccc(SC)cc2)CC1. The molecule has 0 radical (unpaired) electrons. The van der Waals surface area contributed by atoms with Crippen molar-refractivity contribution in [2.45, 2.75) is 9.79 Å². The van der Waals surface area contributed by atoms with Gasteiger partial charge in [0.05, 0.1) is 17.7 Å². The minimum Gasteiger partial charge on any atom is -0.495 e. The second kappa shape index (κ2) is 7.68. The van der Waals surface area contributed by atoms with Crippen LogP contribution in [0.25, 0.3) is 0 Å². The molecule has 0 aromatic heterocycles. The Kier molecular flexibility index (Phi) is 5.56. The van der Waals surface area contributed by atoms with E-state index in [1.165, 1.54) is 0 Å².